The number of hydrogen-bond acceptors (Lipinski definition) is 5. The monoisotopic (exact) mass is 380 g/mol. The standard InChI is InChI=1S/C19H17FN6O2/c20-12-1-2-14-15(10-22-16(14)7-12)17-11(8-21)9-23-18(25-17)24-13-3-5-26(6-4-13)19(27)28/h1-2,7,9-10,13,22H,3-6H2,(H,27,28)(H,23,24,25). The van der Waals surface area contributed by atoms with E-state index in [-0.39, 0.29) is 11.9 Å². The van der Waals surface area contributed by atoms with Crippen LogP contribution in [0.4, 0.5) is 15.1 Å². The maximum atomic E-state index is 13.4. The number of rotatable bonds is 3. The minimum Gasteiger partial charge on any atom is -0.465 e. The normalized spacial score (nSPS) is 14.8. The third-order valence-corrected chi connectivity index (χ3v) is 4.91. The summed E-state index contributed by atoms with van der Waals surface area (Å²) >= 11 is 0. The Kier molecular flexibility index (Phi) is 4.53. The molecule has 0 spiro atoms. The average molecular weight is 380 g/mol. The van der Waals surface area contributed by atoms with Crippen LogP contribution in [-0.4, -0.2) is 50.2 Å². The Bertz CT molecular complexity index is 1080. The number of benzene rings is 1. The molecule has 1 fully saturated rings. The van der Waals surface area contributed by atoms with Crippen molar-refractivity contribution in [2.75, 3.05) is 18.4 Å². The molecule has 0 atom stereocenters. The van der Waals surface area contributed by atoms with Crippen molar-refractivity contribution in [2.24, 2.45) is 0 Å². The molecular weight excluding hydrogens is 363 g/mol. The van der Waals surface area contributed by atoms with Crippen molar-refractivity contribution in [1.29, 1.82) is 5.26 Å². The van der Waals surface area contributed by atoms with Crippen LogP contribution in [0, 0.1) is 17.1 Å². The van der Waals surface area contributed by atoms with Crippen LogP contribution < -0.4 is 5.32 Å². The number of likely N-dealkylation sites (tertiary alicyclic amines) is 1. The first kappa shape index (κ1) is 17.7. The summed E-state index contributed by atoms with van der Waals surface area (Å²) in [5, 5.41) is 22.5. The summed E-state index contributed by atoms with van der Waals surface area (Å²) in [6.07, 6.45) is 3.54. The van der Waals surface area contributed by atoms with Gasteiger partial charge in [-0.3, -0.25) is 0 Å². The lowest BCUT2D eigenvalue weighted by Gasteiger charge is -2.30. The highest BCUT2D eigenvalue weighted by atomic mass is 19.1. The van der Waals surface area contributed by atoms with E-state index in [1.165, 1.54) is 23.2 Å². The lowest BCUT2D eigenvalue weighted by Crippen LogP contribution is -2.41. The smallest absolute Gasteiger partial charge is 0.407 e. The number of hydrogen-bond donors (Lipinski definition) is 3. The van der Waals surface area contributed by atoms with Gasteiger partial charge >= 0.3 is 6.09 Å². The molecule has 9 heteroatoms. The molecule has 3 aromatic rings. The molecule has 4 rings (SSSR count). The van der Waals surface area contributed by atoms with Crippen molar-refractivity contribution in [1.82, 2.24) is 19.9 Å². The van der Waals surface area contributed by atoms with Crippen LogP contribution >= 0.6 is 0 Å². The summed E-state index contributed by atoms with van der Waals surface area (Å²) in [7, 11) is 0. The number of carbonyl (C=O) groups is 1. The predicted molar refractivity (Wildman–Crippen MR) is 100 cm³/mol. The van der Waals surface area contributed by atoms with Crippen molar-refractivity contribution in [2.45, 2.75) is 18.9 Å². The number of nitrogens with zero attached hydrogens (tertiary/aromatic N) is 4. The molecule has 8 nitrogen and oxygen atoms in total. The van der Waals surface area contributed by atoms with Gasteiger partial charge in [0.05, 0.1) is 17.5 Å². The zero-order chi connectivity index (χ0) is 19.7. The van der Waals surface area contributed by atoms with Crippen LogP contribution in [0.2, 0.25) is 0 Å². The van der Waals surface area contributed by atoms with Gasteiger partial charge in [-0.1, -0.05) is 0 Å². The van der Waals surface area contributed by atoms with Gasteiger partial charge in [0.15, 0.2) is 0 Å². The van der Waals surface area contributed by atoms with E-state index in [4.69, 9.17) is 5.11 Å². The quantitative estimate of drug-likeness (QED) is 0.642. The molecule has 3 heterocycles. The van der Waals surface area contributed by atoms with Gasteiger partial charge in [0.2, 0.25) is 5.95 Å². The molecule has 28 heavy (non-hydrogen) atoms. The number of anilines is 1. The van der Waals surface area contributed by atoms with Gasteiger partial charge in [0, 0.05) is 41.8 Å². The highest BCUT2D eigenvalue weighted by Crippen LogP contribution is 2.30. The highest BCUT2D eigenvalue weighted by Gasteiger charge is 2.23. The molecule has 0 radical (unpaired) electrons. The van der Waals surface area contributed by atoms with Crippen LogP contribution in [0.1, 0.15) is 18.4 Å². The van der Waals surface area contributed by atoms with Crippen LogP contribution in [0.3, 0.4) is 0 Å². The molecule has 0 saturated carbocycles. The minimum absolute atomic E-state index is 0.0495. The molecule has 142 valence electrons. The lowest BCUT2D eigenvalue weighted by molar-refractivity contribution is 0.133. The summed E-state index contributed by atoms with van der Waals surface area (Å²) in [6, 6.07) is 6.55. The zero-order valence-electron chi connectivity index (χ0n) is 14.8. The highest BCUT2D eigenvalue weighted by molar-refractivity contribution is 5.95. The molecule has 2 aromatic heterocycles. The fourth-order valence-corrected chi connectivity index (χ4v) is 3.43. The van der Waals surface area contributed by atoms with Crippen molar-refractivity contribution in [3.8, 4) is 17.3 Å². The van der Waals surface area contributed by atoms with Crippen LogP contribution in [0.25, 0.3) is 22.2 Å². The average Bonchev–Trinajstić information content (AvgIpc) is 3.11. The van der Waals surface area contributed by atoms with Crippen LogP contribution in [0.15, 0.2) is 30.6 Å². The second-order valence-corrected chi connectivity index (χ2v) is 6.65. The number of nitrogens with one attached hydrogen (secondary N) is 2. The van der Waals surface area contributed by atoms with E-state index in [0.717, 1.165) is 5.39 Å². The first-order valence-electron chi connectivity index (χ1n) is 8.83. The van der Waals surface area contributed by atoms with E-state index < -0.39 is 6.09 Å². The van der Waals surface area contributed by atoms with Crippen molar-refractivity contribution in [3.63, 3.8) is 0 Å². The van der Waals surface area contributed by atoms with Crippen molar-refractivity contribution < 1.29 is 14.3 Å². The molecule has 3 N–H and O–H groups in total. The molecular formula is C19H17FN6O2. The van der Waals surface area contributed by atoms with Crippen molar-refractivity contribution in [3.05, 3.63) is 42.0 Å². The summed E-state index contributed by atoms with van der Waals surface area (Å²) in [4.78, 5) is 24.1. The summed E-state index contributed by atoms with van der Waals surface area (Å²) in [5.41, 5.74) is 2.09. The lowest BCUT2D eigenvalue weighted by atomic mass is 10.1. The maximum absolute atomic E-state index is 13.4. The Balaban J connectivity index is 1.62. The third-order valence-electron chi connectivity index (χ3n) is 4.91. The molecule has 0 bridgehead atoms. The van der Waals surface area contributed by atoms with E-state index in [9.17, 15) is 14.4 Å². The molecule has 1 aliphatic rings. The van der Waals surface area contributed by atoms with Crippen LogP contribution in [0.5, 0.6) is 0 Å². The third kappa shape index (κ3) is 3.32. The maximum Gasteiger partial charge on any atom is 0.407 e. The number of aromatic amines is 1. The largest absolute Gasteiger partial charge is 0.465 e. The second kappa shape index (κ2) is 7.15. The van der Waals surface area contributed by atoms with Gasteiger partial charge in [-0.15, -0.1) is 0 Å². The van der Waals surface area contributed by atoms with E-state index in [0.29, 0.717) is 54.2 Å². The van der Waals surface area contributed by atoms with E-state index in [2.05, 4.69) is 26.3 Å². The Labute approximate surface area is 159 Å². The van der Waals surface area contributed by atoms with Gasteiger partial charge in [0.25, 0.3) is 0 Å². The molecule has 0 aliphatic carbocycles. The molecule has 1 aromatic carbocycles. The first-order valence-corrected chi connectivity index (χ1v) is 8.83. The number of piperidine rings is 1. The van der Waals surface area contributed by atoms with E-state index in [1.54, 1.807) is 12.3 Å². The number of aromatic nitrogens is 3. The second-order valence-electron chi connectivity index (χ2n) is 6.65. The Hall–Kier alpha value is -3.67. The number of H-pyrrole nitrogens is 1. The van der Waals surface area contributed by atoms with Crippen LogP contribution in [-0.2, 0) is 0 Å². The Morgan fingerprint density at radius 3 is 2.89 bits per heavy atom. The first-order chi connectivity index (χ1) is 13.5. The SMILES string of the molecule is N#Cc1cnc(NC2CCN(C(=O)O)CC2)nc1-c1c[nH]c2cc(F)ccc12. The van der Waals surface area contributed by atoms with Gasteiger partial charge in [0.1, 0.15) is 11.9 Å². The number of carboxylic acid groups (broad SMARTS) is 1. The number of fused-ring (bicyclic) bond motifs is 1. The zero-order valence-corrected chi connectivity index (χ0v) is 14.8. The van der Waals surface area contributed by atoms with Gasteiger partial charge in [-0.2, -0.15) is 5.26 Å². The molecule has 0 unspecified atom stereocenters. The number of nitriles is 1. The summed E-state index contributed by atoms with van der Waals surface area (Å²) < 4.78 is 13.4. The van der Waals surface area contributed by atoms with Gasteiger partial charge in [-0.25, -0.2) is 19.2 Å². The Morgan fingerprint density at radius 1 is 1.39 bits per heavy atom. The molecule has 1 amide bonds. The summed E-state index contributed by atoms with van der Waals surface area (Å²) in [6.45, 7) is 0.897. The van der Waals surface area contributed by atoms with Gasteiger partial charge < -0.3 is 20.3 Å². The van der Waals surface area contributed by atoms with Crippen molar-refractivity contribution >= 4 is 22.9 Å². The minimum atomic E-state index is -0.911. The fourth-order valence-electron chi connectivity index (χ4n) is 3.43. The number of halogens is 1. The summed E-state index contributed by atoms with van der Waals surface area (Å²) in [5.74, 6) is 0.0263. The van der Waals surface area contributed by atoms with Gasteiger partial charge in [-0.05, 0) is 31.0 Å². The number of amides is 1. The fraction of sp³-hybridized carbons (Fsp3) is 0.263. The predicted octanol–water partition coefficient (Wildman–Crippen LogP) is 3.19. The topological polar surface area (TPSA) is 118 Å². The van der Waals surface area contributed by atoms with E-state index in [1.807, 2.05) is 0 Å². The van der Waals surface area contributed by atoms with E-state index >= 15 is 0 Å². The molecule has 1 saturated heterocycles. The molecule has 1 aliphatic heterocycles. The Morgan fingerprint density at radius 2 is 2.18 bits per heavy atom.